The summed E-state index contributed by atoms with van der Waals surface area (Å²) in [7, 11) is 1.47. The van der Waals surface area contributed by atoms with Gasteiger partial charge in [-0.1, -0.05) is 40.2 Å². The van der Waals surface area contributed by atoms with Gasteiger partial charge in [0.25, 0.3) is 0 Å². The molecule has 1 heterocycles. The molecular formula is C26H42N2O2. The number of carbonyl (C=O) groups excluding carboxylic acids is 1. The van der Waals surface area contributed by atoms with Gasteiger partial charge in [-0.15, -0.1) is 0 Å². The third kappa shape index (κ3) is 5.57. The molecule has 1 aliphatic heterocycles. The summed E-state index contributed by atoms with van der Waals surface area (Å²) < 4.78 is 5.01. The highest BCUT2D eigenvalue weighted by atomic mass is 16.5. The molecule has 168 valence electrons. The van der Waals surface area contributed by atoms with Crippen molar-refractivity contribution in [3.8, 4) is 0 Å². The molecule has 4 heteroatoms. The average Bonchev–Trinajstić information content (AvgIpc) is 2.76. The fraction of sp³-hybridized carbons (Fsp3) is 0.731. The van der Waals surface area contributed by atoms with E-state index < -0.39 is 0 Å². The third-order valence-electron chi connectivity index (χ3n) is 7.38. The lowest BCUT2D eigenvalue weighted by Crippen LogP contribution is -2.47. The molecule has 0 aromatic heterocycles. The summed E-state index contributed by atoms with van der Waals surface area (Å²) in [5.41, 5.74) is 3.79. The molecule has 4 nitrogen and oxygen atoms in total. The first kappa shape index (κ1) is 23.1. The number of ether oxygens (including phenoxy) is 1. The molecule has 0 unspecified atom stereocenters. The van der Waals surface area contributed by atoms with Crippen LogP contribution in [0.15, 0.2) is 18.2 Å². The number of carbonyl (C=O) groups is 1. The Morgan fingerprint density at radius 2 is 1.73 bits per heavy atom. The molecule has 2 fully saturated rings. The van der Waals surface area contributed by atoms with Crippen molar-refractivity contribution < 1.29 is 9.53 Å². The molecule has 1 saturated carbocycles. The Morgan fingerprint density at radius 1 is 1.07 bits per heavy atom. The minimum absolute atomic E-state index is 0.235. The van der Waals surface area contributed by atoms with E-state index in [9.17, 15) is 4.79 Å². The van der Waals surface area contributed by atoms with Gasteiger partial charge in [-0.3, -0.25) is 4.90 Å². The zero-order valence-electron chi connectivity index (χ0n) is 19.9. The van der Waals surface area contributed by atoms with Crippen LogP contribution in [0.2, 0.25) is 0 Å². The Kier molecular flexibility index (Phi) is 7.84. The first-order valence-corrected chi connectivity index (χ1v) is 12.0. The summed E-state index contributed by atoms with van der Waals surface area (Å²) in [6.07, 6.45) is 7.64. The minimum Gasteiger partial charge on any atom is -0.465 e. The molecule has 3 rings (SSSR count). The summed E-state index contributed by atoms with van der Waals surface area (Å²) in [6, 6.07) is 6.28. The highest BCUT2D eigenvalue weighted by Gasteiger charge is 2.32. The number of rotatable bonds is 6. The number of benzene rings is 1. The molecule has 1 aromatic rings. The van der Waals surface area contributed by atoms with Gasteiger partial charge in [-0.05, 0) is 73.6 Å². The molecule has 1 saturated heterocycles. The number of hydrogen-bond donors (Lipinski definition) is 0. The summed E-state index contributed by atoms with van der Waals surface area (Å²) >= 11 is 0. The number of methoxy groups -OCH3 is 1. The lowest BCUT2D eigenvalue weighted by Gasteiger charge is -2.40. The number of piperazine rings is 1. The van der Waals surface area contributed by atoms with E-state index in [2.05, 4.69) is 49.6 Å². The van der Waals surface area contributed by atoms with Gasteiger partial charge < -0.3 is 9.64 Å². The Labute approximate surface area is 184 Å². The number of esters is 1. The Bertz CT molecular complexity index is 693. The van der Waals surface area contributed by atoms with Crippen LogP contribution < -0.4 is 4.90 Å². The Morgan fingerprint density at radius 3 is 2.30 bits per heavy atom. The average molecular weight is 415 g/mol. The smallest absolute Gasteiger partial charge is 0.337 e. The van der Waals surface area contributed by atoms with E-state index in [-0.39, 0.29) is 5.97 Å². The molecule has 2 aliphatic rings. The molecule has 0 bridgehead atoms. The van der Waals surface area contributed by atoms with Crippen molar-refractivity contribution in [2.45, 2.75) is 72.1 Å². The molecular weight excluding hydrogens is 372 g/mol. The third-order valence-corrected chi connectivity index (χ3v) is 7.38. The van der Waals surface area contributed by atoms with Crippen molar-refractivity contribution in [2.75, 3.05) is 44.7 Å². The highest BCUT2D eigenvalue weighted by molar-refractivity contribution is 5.91. The second-order valence-electron chi connectivity index (χ2n) is 10.4. The van der Waals surface area contributed by atoms with Gasteiger partial charge in [-0.2, -0.15) is 0 Å². The second-order valence-corrected chi connectivity index (χ2v) is 10.4. The van der Waals surface area contributed by atoms with Crippen LogP contribution in [0.3, 0.4) is 0 Å². The van der Waals surface area contributed by atoms with E-state index in [1.54, 1.807) is 0 Å². The summed E-state index contributed by atoms with van der Waals surface area (Å²) in [6.45, 7) is 14.9. The number of hydrogen-bond acceptors (Lipinski definition) is 4. The van der Waals surface area contributed by atoms with Crippen molar-refractivity contribution >= 4 is 11.7 Å². The number of unbranched alkanes of at least 4 members (excludes halogenated alkanes) is 1. The molecule has 0 N–H and O–H groups in total. The minimum atomic E-state index is -0.235. The zero-order valence-corrected chi connectivity index (χ0v) is 19.9. The molecule has 1 aromatic carbocycles. The number of nitrogens with zero attached hydrogens (tertiary/aromatic N) is 2. The van der Waals surface area contributed by atoms with Crippen molar-refractivity contribution in [1.29, 1.82) is 0 Å². The largest absolute Gasteiger partial charge is 0.465 e. The molecule has 0 atom stereocenters. The van der Waals surface area contributed by atoms with Crippen LogP contribution in [0.25, 0.3) is 0 Å². The Hall–Kier alpha value is -1.55. The van der Waals surface area contributed by atoms with Crippen LogP contribution in [0, 0.1) is 11.3 Å². The molecule has 0 radical (unpaired) electrons. The normalized spacial score (nSPS) is 23.4. The lowest BCUT2D eigenvalue weighted by atomic mass is 9.68. The zero-order chi connectivity index (χ0) is 21.7. The summed E-state index contributed by atoms with van der Waals surface area (Å²) in [5, 5.41) is 0. The van der Waals surface area contributed by atoms with Crippen LogP contribution >= 0.6 is 0 Å². The van der Waals surface area contributed by atoms with Gasteiger partial charge in [0.05, 0.1) is 12.7 Å². The second kappa shape index (κ2) is 10.2. The standard InChI is InChI=1S/C26H42N2O2/c1-6-7-14-27-15-17-28(18-16-27)24-19-21(25(29)30-5)10-13-23(24)20-8-11-22(12-9-20)26(2,3)4/h10,13,19-20,22H,6-9,11-12,14-18H2,1-5H3. The monoisotopic (exact) mass is 414 g/mol. The van der Waals surface area contributed by atoms with Gasteiger partial charge in [0, 0.05) is 31.9 Å². The van der Waals surface area contributed by atoms with Crippen LogP contribution in [-0.4, -0.2) is 50.7 Å². The quantitative estimate of drug-likeness (QED) is 0.558. The lowest BCUT2D eigenvalue weighted by molar-refractivity contribution is 0.0600. The van der Waals surface area contributed by atoms with Gasteiger partial charge >= 0.3 is 5.97 Å². The molecule has 0 amide bonds. The number of anilines is 1. The predicted octanol–water partition coefficient (Wildman–Crippen LogP) is 5.72. The van der Waals surface area contributed by atoms with Crippen LogP contribution in [-0.2, 0) is 4.74 Å². The topological polar surface area (TPSA) is 32.8 Å². The van der Waals surface area contributed by atoms with E-state index in [4.69, 9.17) is 4.74 Å². The van der Waals surface area contributed by atoms with Crippen molar-refractivity contribution in [2.24, 2.45) is 11.3 Å². The SMILES string of the molecule is CCCCN1CCN(c2cc(C(=O)OC)ccc2C2CCC(C(C)(C)C)CC2)CC1. The van der Waals surface area contributed by atoms with E-state index >= 15 is 0 Å². The molecule has 30 heavy (non-hydrogen) atoms. The van der Waals surface area contributed by atoms with Crippen molar-refractivity contribution in [3.05, 3.63) is 29.3 Å². The van der Waals surface area contributed by atoms with E-state index in [1.165, 1.54) is 63.4 Å². The maximum absolute atomic E-state index is 12.2. The van der Waals surface area contributed by atoms with Gasteiger partial charge in [0.15, 0.2) is 0 Å². The molecule has 1 aliphatic carbocycles. The van der Waals surface area contributed by atoms with E-state index in [1.807, 2.05) is 6.07 Å². The van der Waals surface area contributed by atoms with E-state index in [0.717, 1.165) is 32.1 Å². The highest BCUT2D eigenvalue weighted by Crippen LogP contribution is 2.45. The van der Waals surface area contributed by atoms with Gasteiger partial charge in [-0.25, -0.2) is 4.79 Å². The fourth-order valence-corrected chi connectivity index (χ4v) is 5.27. The first-order chi connectivity index (χ1) is 14.3. The Balaban J connectivity index is 1.78. The summed E-state index contributed by atoms with van der Waals surface area (Å²) in [4.78, 5) is 17.3. The summed E-state index contributed by atoms with van der Waals surface area (Å²) in [5.74, 6) is 1.18. The predicted molar refractivity (Wildman–Crippen MR) is 125 cm³/mol. The van der Waals surface area contributed by atoms with Crippen molar-refractivity contribution in [3.63, 3.8) is 0 Å². The maximum Gasteiger partial charge on any atom is 0.337 e. The van der Waals surface area contributed by atoms with Crippen LogP contribution in [0.5, 0.6) is 0 Å². The van der Waals surface area contributed by atoms with Crippen LogP contribution in [0.4, 0.5) is 5.69 Å². The van der Waals surface area contributed by atoms with Gasteiger partial charge in [0.2, 0.25) is 0 Å². The maximum atomic E-state index is 12.2. The fourth-order valence-electron chi connectivity index (χ4n) is 5.27. The van der Waals surface area contributed by atoms with Crippen molar-refractivity contribution in [1.82, 2.24) is 4.90 Å². The van der Waals surface area contributed by atoms with Crippen LogP contribution in [0.1, 0.15) is 88.1 Å². The van der Waals surface area contributed by atoms with E-state index in [0.29, 0.717) is 16.9 Å². The molecule has 0 spiro atoms. The first-order valence-electron chi connectivity index (χ1n) is 12.0. The van der Waals surface area contributed by atoms with Gasteiger partial charge in [0.1, 0.15) is 0 Å².